The molecule has 1 aromatic heterocycles. The summed E-state index contributed by atoms with van der Waals surface area (Å²) >= 11 is 0. The summed E-state index contributed by atoms with van der Waals surface area (Å²) < 4.78 is 0. The maximum atomic E-state index is 3.54. The van der Waals surface area contributed by atoms with E-state index in [0.717, 1.165) is 6.42 Å². The van der Waals surface area contributed by atoms with Gasteiger partial charge in [0.25, 0.3) is 0 Å². The lowest BCUT2D eigenvalue weighted by Crippen LogP contribution is -1.87. The minimum Gasteiger partial charge on any atom is -0.354 e. The van der Waals surface area contributed by atoms with Crippen LogP contribution in [0, 0.1) is 6.92 Å². The first-order chi connectivity index (χ1) is 7.81. The standard InChI is InChI=1S/C15H15N/c1-3-11-10(2)8-9-13-12-6-4-5-7-14(12)16-15(11)13/h4-9,16H,3H2,1-2H3. The van der Waals surface area contributed by atoms with E-state index < -0.39 is 0 Å². The Labute approximate surface area is 95.1 Å². The average Bonchev–Trinajstić information content (AvgIpc) is 2.67. The highest BCUT2D eigenvalue weighted by Gasteiger charge is 2.08. The number of para-hydroxylation sites is 1. The number of hydrogen-bond donors (Lipinski definition) is 1. The molecule has 0 aliphatic carbocycles. The summed E-state index contributed by atoms with van der Waals surface area (Å²) in [6, 6.07) is 13.0. The molecule has 3 rings (SSSR count). The molecule has 0 unspecified atom stereocenters. The van der Waals surface area contributed by atoms with Gasteiger partial charge in [-0.25, -0.2) is 0 Å². The molecule has 0 spiro atoms. The summed E-state index contributed by atoms with van der Waals surface area (Å²) in [6.07, 6.45) is 1.08. The van der Waals surface area contributed by atoms with Crippen LogP contribution in [0.15, 0.2) is 36.4 Å². The summed E-state index contributed by atoms with van der Waals surface area (Å²) in [6.45, 7) is 4.40. The number of aryl methyl sites for hydroxylation is 2. The van der Waals surface area contributed by atoms with Crippen LogP contribution in [0.3, 0.4) is 0 Å². The Morgan fingerprint density at radius 2 is 1.81 bits per heavy atom. The average molecular weight is 209 g/mol. The molecule has 1 nitrogen and oxygen atoms in total. The van der Waals surface area contributed by atoms with E-state index in [1.165, 1.54) is 32.9 Å². The van der Waals surface area contributed by atoms with E-state index in [4.69, 9.17) is 0 Å². The predicted octanol–water partition coefficient (Wildman–Crippen LogP) is 4.19. The van der Waals surface area contributed by atoms with Crippen LogP contribution < -0.4 is 0 Å². The van der Waals surface area contributed by atoms with Gasteiger partial charge in [0.1, 0.15) is 0 Å². The normalized spacial score (nSPS) is 11.4. The van der Waals surface area contributed by atoms with Crippen molar-refractivity contribution < 1.29 is 0 Å². The molecule has 0 radical (unpaired) electrons. The maximum absolute atomic E-state index is 3.54. The van der Waals surface area contributed by atoms with Crippen LogP contribution in [-0.4, -0.2) is 4.98 Å². The van der Waals surface area contributed by atoms with Crippen molar-refractivity contribution in [2.45, 2.75) is 20.3 Å². The number of benzene rings is 2. The monoisotopic (exact) mass is 209 g/mol. The third-order valence-electron chi connectivity index (χ3n) is 3.38. The maximum Gasteiger partial charge on any atom is 0.0499 e. The first-order valence-electron chi connectivity index (χ1n) is 5.80. The summed E-state index contributed by atoms with van der Waals surface area (Å²) in [5.74, 6) is 0. The summed E-state index contributed by atoms with van der Waals surface area (Å²) in [5, 5.41) is 2.67. The van der Waals surface area contributed by atoms with Gasteiger partial charge in [0.05, 0.1) is 0 Å². The van der Waals surface area contributed by atoms with Gasteiger partial charge in [0.2, 0.25) is 0 Å². The second kappa shape index (κ2) is 3.38. The van der Waals surface area contributed by atoms with Gasteiger partial charge in [0, 0.05) is 21.8 Å². The predicted molar refractivity (Wildman–Crippen MR) is 69.9 cm³/mol. The molecule has 0 aliphatic rings. The molecule has 0 atom stereocenters. The Kier molecular flexibility index (Phi) is 2.00. The zero-order valence-electron chi connectivity index (χ0n) is 9.67. The van der Waals surface area contributed by atoms with Gasteiger partial charge in [-0.1, -0.05) is 37.3 Å². The Morgan fingerprint density at radius 3 is 2.62 bits per heavy atom. The number of aromatic nitrogens is 1. The van der Waals surface area contributed by atoms with Crippen molar-refractivity contribution in [1.29, 1.82) is 0 Å². The fourth-order valence-electron chi connectivity index (χ4n) is 2.54. The Bertz CT molecular complexity index is 662. The molecule has 0 saturated heterocycles. The lowest BCUT2D eigenvalue weighted by molar-refractivity contribution is 1.12. The SMILES string of the molecule is CCc1c(C)ccc2c1[nH]c1ccccc12. The third kappa shape index (κ3) is 1.18. The van der Waals surface area contributed by atoms with Gasteiger partial charge in [0.15, 0.2) is 0 Å². The third-order valence-corrected chi connectivity index (χ3v) is 3.38. The second-order valence-electron chi connectivity index (χ2n) is 4.31. The summed E-state index contributed by atoms with van der Waals surface area (Å²) in [5.41, 5.74) is 5.36. The van der Waals surface area contributed by atoms with Gasteiger partial charge in [-0.2, -0.15) is 0 Å². The molecule has 1 heteroatoms. The first-order valence-corrected chi connectivity index (χ1v) is 5.80. The minimum absolute atomic E-state index is 1.08. The van der Waals surface area contributed by atoms with E-state index in [0.29, 0.717) is 0 Å². The lowest BCUT2D eigenvalue weighted by atomic mass is 10.0. The van der Waals surface area contributed by atoms with Crippen molar-refractivity contribution in [1.82, 2.24) is 4.98 Å². The van der Waals surface area contributed by atoms with E-state index in [1.54, 1.807) is 0 Å². The summed E-state index contributed by atoms with van der Waals surface area (Å²) in [4.78, 5) is 3.54. The van der Waals surface area contributed by atoms with Crippen LogP contribution in [-0.2, 0) is 6.42 Å². The molecule has 0 fully saturated rings. The minimum atomic E-state index is 1.08. The van der Waals surface area contributed by atoms with Crippen LogP contribution in [0.5, 0.6) is 0 Å². The molecular formula is C15H15N. The van der Waals surface area contributed by atoms with E-state index in [1.807, 2.05) is 0 Å². The highest BCUT2D eigenvalue weighted by Crippen LogP contribution is 2.29. The fourth-order valence-corrected chi connectivity index (χ4v) is 2.54. The Morgan fingerprint density at radius 1 is 1.00 bits per heavy atom. The Hall–Kier alpha value is -1.76. The lowest BCUT2D eigenvalue weighted by Gasteiger charge is -2.03. The quantitative estimate of drug-likeness (QED) is 0.618. The smallest absolute Gasteiger partial charge is 0.0499 e. The molecule has 0 saturated carbocycles. The van der Waals surface area contributed by atoms with Crippen LogP contribution in [0.25, 0.3) is 21.8 Å². The summed E-state index contributed by atoms with van der Waals surface area (Å²) in [7, 11) is 0. The number of rotatable bonds is 1. The highest BCUT2D eigenvalue weighted by molar-refractivity contribution is 6.08. The molecule has 1 N–H and O–H groups in total. The molecule has 1 heterocycles. The van der Waals surface area contributed by atoms with Crippen LogP contribution in [0.1, 0.15) is 18.1 Å². The zero-order valence-corrected chi connectivity index (χ0v) is 9.67. The largest absolute Gasteiger partial charge is 0.354 e. The Balaban J connectivity index is 2.54. The van der Waals surface area contributed by atoms with Gasteiger partial charge in [-0.05, 0) is 30.5 Å². The van der Waals surface area contributed by atoms with Crippen molar-refractivity contribution in [2.24, 2.45) is 0 Å². The first kappa shape index (κ1) is 9.46. The van der Waals surface area contributed by atoms with Gasteiger partial charge >= 0.3 is 0 Å². The molecule has 2 aromatic carbocycles. The number of H-pyrrole nitrogens is 1. The van der Waals surface area contributed by atoms with Crippen molar-refractivity contribution in [3.8, 4) is 0 Å². The molecule has 80 valence electrons. The van der Waals surface area contributed by atoms with E-state index >= 15 is 0 Å². The van der Waals surface area contributed by atoms with Gasteiger partial charge in [-0.15, -0.1) is 0 Å². The number of fused-ring (bicyclic) bond motifs is 3. The zero-order chi connectivity index (χ0) is 11.1. The van der Waals surface area contributed by atoms with Crippen molar-refractivity contribution in [2.75, 3.05) is 0 Å². The van der Waals surface area contributed by atoms with Crippen LogP contribution >= 0.6 is 0 Å². The van der Waals surface area contributed by atoms with E-state index in [2.05, 4.69) is 55.2 Å². The number of nitrogens with one attached hydrogen (secondary N) is 1. The van der Waals surface area contributed by atoms with Gasteiger partial charge < -0.3 is 4.98 Å². The topological polar surface area (TPSA) is 15.8 Å². The molecular weight excluding hydrogens is 194 g/mol. The fraction of sp³-hybridized carbons (Fsp3) is 0.200. The van der Waals surface area contributed by atoms with Crippen molar-refractivity contribution >= 4 is 21.8 Å². The number of aromatic amines is 1. The van der Waals surface area contributed by atoms with Crippen LogP contribution in [0.2, 0.25) is 0 Å². The molecule has 16 heavy (non-hydrogen) atoms. The van der Waals surface area contributed by atoms with E-state index in [9.17, 15) is 0 Å². The highest BCUT2D eigenvalue weighted by atomic mass is 14.7. The molecule has 3 aromatic rings. The van der Waals surface area contributed by atoms with Gasteiger partial charge in [-0.3, -0.25) is 0 Å². The molecule has 0 bridgehead atoms. The number of hydrogen-bond acceptors (Lipinski definition) is 0. The van der Waals surface area contributed by atoms with Crippen molar-refractivity contribution in [3.05, 3.63) is 47.5 Å². The van der Waals surface area contributed by atoms with E-state index in [-0.39, 0.29) is 0 Å². The van der Waals surface area contributed by atoms with Crippen molar-refractivity contribution in [3.63, 3.8) is 0 Å². The molecule has 0 aliphatic heterocycles. The second-order valence-corrected chi connectivity index (χ2v) is 4.31. The van der Waals surface area contributed by atoms with Crippen LogP contribution in [0.4, 0.5) is 0 Å². The molecule has 0 amide bonds.